The molecular formula is C22H33N3O5S. The van der Waals surface area contributed by atoms with E-state index < -0.39 is 16.0 Å². The van der Waals surface area contributed by atoms with Gasteiger partial charge in [-0.3, -0.25) is 4.79 Å². The lowest BCUT2D eigenvalue weighted by Crippen LogP contribution is -2.36. The molecule has 0 aromatic heterocycles. The van der Waals surface area contributed by atoms with Gasteiger partial charge in [-0.15, -0.1) is 0 Å². The molecule has 2 aliphatic heterocycles. The van der Waals surface area contributed by atoms with Gasteiger partial charge in [0.25, 0.3) is 5.91 Å². The number of rotatable bonds is 7. The summed E-state index contributed by atoms with van der Waals surface area (Å²) < 4.78 is 33.0. The van der Waals surface area contributed by atoms with Gasteiger partial charge in [0.15, 0.2) is 6.61 Å². The van der Waals surface area contributed by atoms with E-state index >= 15 is 0 Å². The average molecular weight is 452 g/mol. The van der Waals surface area contributed by atoms with E-state index in [1.54, 1.807) is 19.2 Å². The molecule has 172 valence electrons. The summed E-state index contributed by atoms with van der Waals surface area (Å²) in [5.74, 6) is -0.980. The van der Waals surface area contributed by atoms with Crippen molar-refractivity contribution in [3.8, 4) is 0 Å². The van der Waals surface area contributed by atoms with Gasteiger partial charge in [0.05, 0.1) is 16.1 Å². The number of ether oxygens (including phenoxy) is 1. The highest BCUT2D eigenvalue weighted by Crippen LogP contribution is 2.30. The summed E-state index contributed by atoms with van der Waals surface area (Å²) in [6.45, 7) is 5.95. The Bertz CT molecular complexity index is 904. The Hall–Kier alpha value is -2.13. The van der Waals surface area contributed by atoms with Gasteiger partial charge in [-0.25, -0.2) is 13.2 Å². The quantitative estimate of drug-likeness (QED) is 0.592. The highest BCUT2D eigenvalue weighted by atomic mass is 32.2. The highest BCUT2D eigenvalue weighted by Gasteiger charge is 2.29. The summed E-state index contributed by atoms with van der Waals surface area (Å²) in [7, 11) is -2.03. The molecule has 8 nitrogen and oxygen atoms in total. The number of piperidine rings is 1. The van der Waals surface area contributed by atoms with Crippen molar-refractivity contribution < 1.29 is 22.7 Å². The lowest BCUT2D eigenvalue weighted by atomic mass is 10.1. The molecule has 2 saturated heterocycles. The Labute approximate surface area is 185 Å². The third-order valence-corrected chi connectivity index (χ3v) is 7.98. The van der Waals surface area contributed by atoms with E-state index in [1.165, 1.54) is 15.3 Å². The fourth-order valence-corrected chi connectivity index (χ4v) is 5.47. The lowest BCUT2D eigenvalue weighted by molar-refractivity contribution is -0.134. The van der Waals surface area contributed by atoms with Crippen LogP contribution in [0.3, 0.4) is 0 Å². The maximum atomic E-state index is 13.1. The SMILES string of the molecule is CC(C)N(C)C(=O)COC(=O)c1cc(S(=O)(=O)N2CCCCC2)ccc1N1CCCC1. The smallest absolute Gasteiger partial charge is 0.340 e. The second-order valence-electron chi connectivity index (χ2n) is 8.51. The van der Waals surface area contributed by atoms with Crippen molar-refractivity contribution in [3.63, 3.8) is 0 Å². The van der Waals surface area contributed by atoms with Crippen LogP contribution in [0.15, 0.2) is 23.1 Å². The molecule has 0 N–H and O–H groups in total. The summed E-state index contributed by atoms with van der Waals surface area (Å²) >= 11 is 0. The van der Waals surface area contributed by atoms with Gasteiger partial charge in [0.1, 0.15) is 0 Å². The fraction of sp³-hybridized carbons (Fsp3) is 0.636. The minimum absolute atomic E-state index is 0.00984. The molecule has 0 saturated carbocycles. The van der Waals surface area contributed by atoms with E-state index in [4.69, 9.17) is 4.74 Å². The first kappa shape index (κ1) is 23.5. The third-order valence-electron chi connectivity index (χ3n) is 6.08. The van der Waals surface area contributed by atoms with Crippen molar-refractivity contribution in [1.29, 1.82) is 0 Å². The Morgan fingerprint density at radius 2 is 1.65 bits per heavy atom. The molecule has 0 spiro atoms. The molecule has 0 bridgehead atoms. The average Bonchev–Trinajstić information content (AvgIpc) is 3.31. The van der Waals surface area contributed by atoms with Gasteiger partial charge in [0.2, 0.25) is 10.0 Å². The molecule has 2 aliphatic rings. The van der Waals surface area contributed by atoms with Gasteiger partial charge in [-0.05, 0) is 57.7 Å². The molecule has 1 aromatic rings. The molecule has 0 radical (unpaired) electrons. The highest BCUT2D eigenvalue weighted by molar-refractivity contribution is 7.89. The van der Waals surface area contributed by atoms with Gasteiger partial charge in [-0.1, -0.05) is 6.42 Å². The second-order valence-corrected chi connectivity index (χ2v) is 10.5. The van der Waals surface area contributed by atoms with Crippen LogP contribution in [0.2, 0.25) is 0 Å². The standard InChI is InChI=1S/C22H33N3O5S/c1-17(2)23(3)21(26)16-30-22(27)19-15-18(9-10-20(19)24-11-7-8-12-24)31(28,29)25-13-5-4-6-14-25/h9-10,15,17H,4-8,11-14,16H2,1-3H3. The largest absolute Gasteiger partial charge is 0.452 e. The minimum Gasteiger partial charge on any atom is -0.452 e. The molecule has 1 amide bonds. The number of sulfonamides is 1. The van der Waals surface area contributed by atoms with Crippen molar-refractivity contribution in [2.75, 3.05) is 44.7 Å². The molecule has 0 atom stereocenters. The summed E-state index contributed by atoms with van der Waals surface area (Å²) in [6.07, 6.45) is 4.73. The molecule has 2 fully saturated rings. The first-order chi connectivity index (χ1) is 14.7. The molecule has 31 heavy (non-hydrogen) atoms. The molecule has 0 aliphatic carbocycles. The van der Waals surface area contributed by atoms with E-state index in [1.807, 2.05) is 13.8 Å². The molecule has 1 aromatic carbocycles. The molecule has 0 unspecified atom stereocenters. The molecule has 2 heterocycles. The van der Waals surface area contributed by atoms with Crippen molar-refractivity contribution >= 4 is 27.6 Å². The minimum atomic E-state index is -3.68. The second kappa shape index (κ2) is 9.99. The van der Waals surface area contributed by atoms with Crippen molar-refractivity contribution in [2.24, 2.45) is 0 Å². The summed E-state index contributed by atoms with van der Waals surface area (Å²) in [6, 6.07) is 4.67. The van der Waals surface area contributed by atoms with Crippen molar-refractivity contribution in [2.45, 2.75) is 56.9 Å². The number of hydrogen-bond acceptors (Lipinski definition) is 6. The van der Waals surface area contributed by atoms with Gasteiger partial charge >= 0.3 is 5.97 Å². The topological polar surface area (TPSA) is 87.2 Å². The van der Waals surface area contributed by atoms with Gasteiger partial charge in [0, 0.05) is 39.3 Å². The van der Waals surface area contributed by atoms with Crippen molar-refractivity contribution in [1.82, 2.24) is 9.21 Å². The Morgan fingerprint density at radius 3 is 2.26 bits per heavy atom. The number of nitrogens with zero attached hydrogens (tertiary/aromatic N) is 3. The number of hydrogen-bond donors (Lipinski definition) is 0. The van der Waals surface area contributed by atoms with Crippen LogP contribution in [0.5, 0.6) is 0 Å². The first-order valence-electron chi connectivity index (χ1n) is 11.0. The predicted molar refractivity (Wildman–Crippen MR) is 119 cm³/mol. The van der Waals surface area contributed by atoms with Crippen LogP contribution in [0.4, 0.5) is 5.69 Å². The summed E-state index contributed by atoms with van der Waals surface area (Å²) in [4.78, 5) is 28.8. The van der Waals surface area contributed by atoms with Crippen LogP contribution in [0, 0.1) is 0 Å². The van der Waals surface area contributed by atoms with Crippen LogP contribution >= 0.6 is 0 Å². The zero-order valence-corrected chi connectivity index (χ0v) is 19.5. The maximum absolute atomic E-state index is 13.1. The van der Waals surface area contributed by atoms with Gasteiger partial charge in [-0.2, -0.15) is 4.31 Å². The van der Waals surface area contributed by atoms with E-state index in [-0.39, 0.29) is 29.0 Å². The molecule has 3 rings (SSSR count). The zero-order valence-electron chi connectivity index (χ0n) is 18.7. The Kier molecular flexibility index (Phi) is 7.59. The van der Waals surface area contributed by atoms with Crippen LogP contribution in [0.25, 0.3) is 0 Å². The molecule has 9 heteroatoms. The number of esters is 1. The van der Waals surface area contributed by atoms with E-state index in [0.29, 0.717) is 18.8 Å². The number of amides is 1. The monoisotopic (exact) mass is 451 g/mol. The van der Waals surface area contributed by atoms with Crippen LogP contribution in [0.1, 0.15) is 56.3 Å². The number of anilines is 1. The number of carbonyl (C=O) groups is 2. The number of benzene rings is 1. The van der Waals surface area contributed by atoms with Gasteiger partial charge < -0.3 is 14.5 Å². The van der Waals surface area contributed by atoms with Crippen LogP contribution in [-0.4, -0.2) is 75.4 Å². The predicted octanol–water partition coefficient (Wildman–Crippen LogP) is 2.49. The fourth-order valence-electron chi connectivity index (χ4n) is 3.92. The number of likely N-dealkylation sites (N-methyl/N-ethyl adjacent to an activating group) is 1. The van der Waals surface area contributed by atoms with Crippen molar-refractivity contribution in [3.05, 3.63) is 23.8 Å². The number of carbonyl (C=O) groups excluding carboxylic acids is 2. The van der Waals surface area contributed by atoms with E-state index in [0.717, 1.165) is 45.2 Å². The third kappa shape index (κ3) is 5.38. The van der Waals surface area contributed by atoms with Crippen LogP contribution in [-0.2, 0) is 19.6 Å². The Morgan fingerprint density at radius 1 is 1.03 bits per heavy atom. The first-order valence-corrected chi connectivity index (χ1v) is 12.5. The van der Waals surface area contributed by atoms with E-state index in [2.05, 4.69) is 4.90 Å². The summed E-state index contributed by atoms with van der Waals surface area (Å²) in [5.41, 5.74) is 0.852. The van der Waals surface area contributed by atoms with Crippen LogP contribution < -0.4 is 4.90 Å². The normalized spacial score (nSPS) is 17.7. The Balaban J connectivity index is 1.87. The molecular weight excluding hydrogens is 418 g/mol. The summed E-state index contributed by atoms with van der Waals surface area (Å²) in [5, 5.41) is 0. The van der Waals surface area contributed by atoms with E-state index in [9.17, 15) is 18.0 Å². The lowest BCUT2D eigenvalue weighted by Gasteiger charge is -2.27. The maximum Gasteiger partial charge on any atom is 0.340 e. The zero-order chi connectivity index (χ0) is 22.6.